The summed E-state index contributed by atoms with van der Waals surface area (Å²) in [4.78, 5) is 21.8. The smallest absolute Gasteiger partial charge is 0.297 e. The highest BCUT2D eigenvalue weighted by molar-refractivity contribution is 5.92. The van der Waals surface area contributed by atoms with E-state index in [9.17, 15) is 4.79 Å². The van der Waals surface area contributed by atoms with Gasteiger partial charge in [-0.3, -0.25) is 14.2 Å². The Morgan fingerprint density at radius 2 is 1.65 bits per heavy atom. The van der Waals surface area contributed by atoms with Gasteiger partial charge in [-0.25, -0.2) is 10.0 Å². The molecule has 1 heterocycles. The SMILES string of the molecule is CON(C)C(=O)c1cn(-c2ccccc2)c(-c2ccccc2)n1. The van der Waals surface area contributed by atoms with E-state index in [0.717, 1.165) is 16.3 Å². The van der Waals surface area contributed by atoms with Crippen LogP contribution in [0, 0.1) is 0 Å². The molecular formula is C18H17N3O2. The Morgan fingerprint density at radius 1 is 1.04 bits per heavy atom. The summed E-state index contributed by atoms with van der Waals surface area (Å²) < 4.78 is 1.91. The molecule has 1 aromatic heterocycles. The third-order valence-electron chi connectivity index (χ3n) is 3.55. The van der Waals surface area contributed by atoms with Crippen molar-refractivity contribution in [1.29, 1.82) is 0 Å². The molecule has 0 N–H and O–H groups in total. The summed E-state index contributed by atoms with van der Waals surface area (Å²) in [6, 6.07) is 19.6. The first-order chi connectivity index (χ1) is 11.2. The quantitative estimate of drug-likeness (QED) is 0.696. The minimum atomic E-state index is -0.292. The molecule has 23 heavy (non-hydrogen) atoms. The number of carbonyl (C=O) groups is 1. The Hall–Kier alpha value is -2.92. The fourth-order valence-electron chi connectivity index (χ4n) is 2.30. The van der Waals surface area contributed by atoms with Gasteiger partial charge in [0.2, 0.25) is 0 Å². The molecule has 0 bridgehead atoms. The van der Waals surface area contributed by atoms with Gasteiger partial charge in [0.25, 0.3) is 5.91 Å². The van der Waals surface area contributed by atoms with E-state index in [1.807, 2.05) is 65.2 Å². The van der Waals surface area contributed by atoms with Crippen LogP contribution in [0.15, 0.2) is 66.9 Å². The molecule has 116 valence electrons. The highest BCUT2D eigenvalue weighted by Crippen LogP contribution is 2.23. The van der Waals surface area contributed by atoms with Crippen LogP contribution in [0.3, 0.4) is 0 Å². The Bertz CT molecular complexity index is 741. The molecule has 0 saturated heterocycles. The molecule has 1 amide bonds. The monoisotopic (exact) mass is 307 g/mol. The van der Waals surface area contributed by atoms with Gasteiger partial charge in [0, 0.05) is 24.5 Å². The molecule has 5 heteroatoms. The molecule has 0 aliphatic heterocycles. The van der Waals surface area contributed by atoms with Crippen molar-refractivity contribution in [2.75, 3.05) is 14.2 Å². The fourth-order valence-corrected chi connectivity index (χ4v) is 2.30. The lowest BCUT2D eigenvalue weighted by Crippen LogP contribution is -2.25. The minimum Gasteiger partial charge on any atom is -0.299 e. The first-order valence-electron chi connectivity index (χ1n) is 7.23. The van der Waals surface area contributed by atoms with E-state index >= 15 is 0 Å². The van der Waals surface area contributed by atoms with Crippen LogP contribution >= 0.6 is 0 Å². The van der Waals surface area contributed by atoms with Gasteiger partial charge in [-0.15, -0.1) is 0 Å². The number of hydrogen-bond acceptors (Lipinski definition) is 3. The van der Waals surface area contributed by atoms with Crippen LogP contribution in [0.5, 0.6) is 0 Å². The first kappa shape index (κ1) is 15.0. The summed E-state index contributed by atoms with van der Waals surface area (Å²) in [5, 5.41) is 1.16. The van der Waals surface area contributed by atoms with Crippen molar-refractivity contribution in [3.63, 3.8) is 0 Å². The zero-order chi connectivity index (χ0) is 16.2. The van der Waals surface area contributed by atoms with Crippen molar-refractivity contribution >= 4 is 5.91 Å². The normalized spacial score (nSPS) is 10.5. The van der Waals surface area contributed by atoms with Crippen molar-refractivity contribution in [1.82, 2.24) is 14.6 Å². The van der Waals surface area contributed by atoms with Crippen molar-refractivity contribution in [3.05, 3.63) is 72.6 Å². The second-order valence-electron chi connectivity index (χ2n) is 5.01. The molecule has 0 fully saturated rings. The third kappa shape index (κ3) is 3.00. The lowest BCUT2D eigenvalue weighted by molar-refractivity contribution is -0.0760. The van der Waals surface area contributed by atoms with Crippen LogP contribution in [-0.4, -0.2) is 34.7 Å². The molecule has 0 unspecified atom stereocenters. The fraction of sp³-hybridized carbons (Fsp3) is 0.111. The van der Waals surface area contributed by atoms with Gasteiger partial charge in [0.1, 0.15) is 11.5 Å². The Kier molecular flexibility index (Phi) is 4.21. The summed E-state index contributed by atoms with van der Waals surface area (Å²) >= 11 is 0. The number of carbonyl (C=O) groups excluding carboxylic acids is 1. The minimum absolute atomic E-state index is 0.292. The number of aromatic nitrogens is 2. The molecule has 0 aliphatic rings. The van der Waals surface area contributed by atoms with Crippen LogP contribution in [-0.2, 0) is 4.84 Å². The Labute approximate surface area is 134 Å². The number of rotatable bonds is 4. The van der Waals surface area contributed by atoms with Crippen molar-refractivity contribution in [3.8, 4) is 17.1 Å². The van der Waals surface area contributed by atoms with Crippen LogP contribution in [0.4, 0.5) is 0 Å². The predicted octanol–water partition coefficient (Wildman–Crippen LogP) is 3.17. The number of hydrogen-bond donors (Lipinski definition) is 0. The van der Waals surface area contributed by atoms with Gasteiger partial charge in [-0.05, 0) is 12.1 Å². The summed E-state index contributed by atoms with van der Waals surface area (Å²) in [7, 11) is 3.01. The van der Waals surface area contributed by atoms with E-state index in [-0.39, 0.29) is 5.91 Å². The molecule has 3 rings (SSSR count). The average molecular weight is 307 g/mol. The third-order valence-corrected chi connectivity index (χ3v) is 3.55. The van der Waals surface area contributed by atoms with E-state index in [2.05, 4.69) is 4.98 Å². The number of imidazole rings is 1. The molecule has 0 aliphatic carbocycles. The molecule has 0 spiro atoms. The summed E-state index contributed by atoms with van der Waals surface area (Å²) in [5.41, 5.74) is 2.21. The second-order valence-corrected chi connectivity index (χ2v) is 5.01. The van der Waals surface area contributed by atoms with E-state index < -0.39 is 0 Å². The van der Waals surface area contributed by atoms with Gasteiger partial charge in [0.05, 0.1) is 7.11 Å². The first-order valence-corrected chi connectivity index (χ1v) is 7.23. The Balaban J connectivity index is 2.13. The maximum atomic E-state index is 12.3. The van der Waals surface area contributed by atoms with Crippen LogP contribution in [0.1, 0.15) is 10.5 Å². The van der Waals surface area contributed by atoms with Gasteiger partial charge >= 0.3 is 0 Å². The highest BCUT2D eigenvalue weighted by atomic mass is 16.7. The van der Waals surface area contributed by atoms with Gasteiger partial charge in [0.15, 0.2) is 0 Å². The van der Waals surface area contributed by atoms with Crippen molar-refractivity contribution in [2.24, 2.45) is 0 Å². The molecule has 0 radical (unpaired) electrons. The largest absolute Gasteiger partial charge is 0.299 e. The summed E-state index contributed by atoms with van der Waals surface area (Å²) in [6.45, 7) is 0. The number of amides is 1. The van der Waals surface area contributed by atoms with E-state index in [1.165, 1.54) is 7.11 Å². The van der Waals surface area contributed by atoms with E-state index in [0.29, 0.717) is 11.5 Å². The van der Waals surface area contributed by atoms with Crippen molar-refractivity contribution in [2.45, 2.75) is 0 Å². The molecule has 2 aromatic carbocycles. The molecular weight excluding hydrogens is 290 g/mol. The van der Waals surface area contributed by atoms with Gasteiger partial charge in [-0.2, -0.15) is 0 Å². The summed E-state index contributed by atoms with van der Waals surface area (Å²) in [6.07, 6.45) is 1.73. The van der Waals surface area contributed by atoms with E-state index in [1.54, 1.807) is 13.2 Å². The van der Waals surface area contributed by atoms with Crippen LogP contribution in [0.2, 0.25) is 0 Å². The van der Waals surface area contributed by atoms with Gasteiger partial charge < -0.3 is 0 Å². The number of para-hydroxylation sites is 1. The topological polar surface area (TPSA) is 47.4 Å². The lowest BCUT2D eigenvalue weighted by Gasteiger charge is -2.11. The van der Waals surface area contributed by atoms with Crippen molar-refractivity contribution < 1.29 is 9.63 Å². The average Bonchev–Trinajstić information content (AvgIpc) is 3.07. The highest BCUT2D eigenvalue weighted by Gasteiger charge is 2.19. The zero-order valence-corrected chi connectivity index (χ0v) is 13.0. The standard InChI is InChI=1S/C18H17N3O2/c1-20(23-2)18(22)16-13-21(15-11-7-4-8-12-15)17(19-16)14-9-5-3-6-10-14/h3-13H,1-2H3. The molecule has 0 atom stereocenters. The molecule has 3 aromatic rings. The number of hydroxylamine groups is 2. The summed E-state index contributed by atoms with van der Waals surface area (Å²) in [5.74, 6) is 0.420. The zero-order valence-electron chi connectivity index (χ0n) is 13.0. The number of benzene rings is 2. The predicted molar refractivity (Wildman–Crippen MR) is 88.1 cm³/mol. The second kappa shape index (κ2) is 6.46. The molecule has 0 saturated carbocycles. The maximum Gasteiger partial charge on any atom is 0.297 e. The van der Waals surface area contributed by atoms with Crippen LogP contribution in [0.25, 0.3) is 17.1 Å². The maximum absolute atomic E-state index is 12.3. The van der Waals surface area contributed by atoms with E-state index in [4.69, 9.17) is 4.84 Å². The Morgan fingerprint density at radius 3 is 2.26 bits per heavy atom. The number of nitrogens with zero attached hydrogens (tertiary/aromatic N) is 3. The van der Waals surface area contributed by atoms with Gasteiger partial charge in [-0.1, -0.05) is 48.5 Å². The molecule has 5 nitrogen and oxygen atoms in total. The van der Waals surface area contributed by atoms with Crippen LogP contribution < -0.4 is 0 Å². The lowest BCUT2D eigenvalue weighted by atomic mass is 10.2.